The highest BCUT2D eigenvalue weighted by molar-refractivity contribution is 5.72. The second-order valence-electron chi connectivity index (χ2n) is 3.27. The van der Waals surface area contributed by atoms with Gasteiger partial charge in [-0.3, -0.25) is 0 Å². The fourth-order valence-electron chi connectivity index (χ4n) is 1.41. The van der Waals surface area contributed by atoms with Gasteiger partial charge in [-0.2, -0.15) is 0 Å². The first-order chi connectivity index (χ1) is 7.18. The largest absolute Gasteiger partial charge is 0.544 e. The summed E-state index contributed by atoms with van der Waals surface area (Å²) in [7, 11) is 0. The Bertz CT molecular complexity index is 391. The maximum atomic E-state index is 10.6. The van der Waals surface area contributed by atoms with Gasteiger partial charge in [-0.05, 0) is 18.2 Å². The zero-order valence-corrected chi connectivity index (χ0v) is 8.06. The lowest BCUT2D eigenvalue weighted by atomic mass is 10.1. The number of hydrogen-bond donors (Lipinski definition) is 1. The van der Waals surface area contributed by atoms with Gasteiger partial charge in [0.2, 0.25) is 0 Å². The summed E-state index contributed by atoms with van der Waals surface area (Å²) in [4.78, 5) is 10.6. The number of rotatable bonds is 2. The number of quaternary nitrogens is 1. The van der Waals surface area contributed by atoms with E-state index in [0.717, 1.165) is 0 Å². The van der Waals surface area contributed by atoms with Crippen LogP contribution in [-0.4, -0.2) is 19.2 Å². The summed E-state index contributed by atoms with van der Waals surface area (Å²) in [6.07, 6.45) is 0. The maximum Gasteiger partial charge on any atom is 0.161 e. The highest BCUT2D eigenvalue weighted by Crippen LogP contribution is 2.31. The Balaban J connectivity index is 2.31. The molecule has 0 unspecified atom stereocenters. The third kappa shape index (κ3) is 1.87. The zero-order valence-electron chi connectivity index (χ0n) is 8.06. The van der Waals surface area contributed by atoms with Crippen molar-refractivity contribution in [3.05, 3.63) is 23.8 Å². The van der Waals surface area contributed by atoms with Crippen molar-refractivity contribution in [2.24, 2.45) is 0 Å². The Hall–Kier alpha value is -1.75. The van der Waals surface area contributed by atoms with Crippen molar-refractivity contribution in [3.63, 3.8) is 0 Å². The van der Waals surface area contributed by atoms with Crippen LogP contribution in [0.25, 0.3) is 0 Å². The summed E-state index contributed by atoms with van der Waals surface area (Å²) in [5.74, 6) is -0.00382. The van der Waals surface area contributed by atoms with E-state index in [1.54, 1.807) is 18.2 Å². The Morgan fingerprint density at radius 1 is 1.33 bits per heavy atom. The van der Waals surface area contributed by atoms with Gasteiger partial charge >= 0.3 is 0 Å². The molecule has 1 aliphatic heterocycles. The number of carbonyl (C=O) groups is 1. The molecule has 0 saturated carbocycles. The van der Waals surface area contributed by atoms with Crippen LogP contribution < -0.4 is 20.3 Å². The van der Waals surface area contributed by atoms with E-state index in [2.05, 4.69) is 5.73 Å². The summed E-state index contributed by atoms with van der Waals surface area (Å²) in [6, 6.07) is 4.08. The molecule has 1 atom stereocenters. The van der Waals surface area contributed by atoms with Gasteiger partial charge in [-0.1, -0.05) is 0 Å². The molecular formula is C10H11NO4. The molecule has 5 nitrogen and oxygen atoms in total. The molecule has 1 aromatic rings. The molecule has 0 bridgehead atoms. The quantitative estimate of drug-likeness (QED) is 0.641. The molecule has 0 aromatic heterocycles. The molecule has 1 aliphatic rings. The molecular weight excluding hydrogens is 198 g/mol. The maximum absolute atomic E-state index is 10.6. The molecule has 3 N–H and O–H groups in total. The first kappa shape index (κ1) is 9.79. The second kappa shape index (κ2) is 3.78. The summed E-state index contributed by atoms with van der Waals surface area (Å²) in [6.45, 7) is 0.990. The van der Waals surface area contributed by atoms with Crippen LogP contribution in [0, 0.1) is 0 Å². The van der Waals surface area contributed by atoms with Crippen molar-refractivity contribution in [2.75, 3.05) is 13.2 Å². The molecule has 1 heterocycles. The monoisotopic (exact) mass is 209 g/mol. The molecule has 2 rings (SSSR count). The molecule has 0 saturated heterocycles. The lowest BCUT2D eigenvalue weighted by molar-refractivity contribution is -0.443. The smallest absolute Gasteiger partial charge is 0.161 e. The number of carbonyl (C=O) groups excluding carboxylic acids is 1. The normalized spacial score (nSPS) is 15.8. The minimum Gasteiger partial charge on any atom is -0.544 e. The zero-order chi connectivity index (χ0) is 10.8. The number of aliphatic carboxylic acids is 1. The lowest BCUT2D eigenvalue weighted by Gasteiger charge is -2.19. The summed E-state index contributed by atoms with van der Waals surface area (Å²) in [5, 5.41) is 10.6. The van der Waals surface area contributed by atoms with Crippen LogP contribution in [0.2, 0.25) is 0 Å². The van der Waals surface area contributed by atoms with Gasteiger partial charge in [0.1, 0.15) is 19.2 Å². The SMILES string of the molecule is [NH3+][C@@H](C(=O)[O-])c1ccc2c(c1)OCCO2. The predicted octanol–water partition coefficient (Wildman–Crippen LogP) is -1.51. The van der Waals surface area contributed by atoms with Crippen LogP contribution in [0.4, 0.5) is 0 Å². The lowest BCUT2D eigenvalue weighted by Crippen LogP contribution is -2.61. The standard InChI is InChI=1S/C10H11NO4/c11-9(10(12)13)6-1-2-7-8(5-6)15-4-3-14-7/h1-2,5,9H,3-4,11H2,(H,12,13)/t9-/m1/s1. The molecule has 0 fully saturated rings. The third-order valence-electron chi connectivity index (χ3n) is 2.25. The molecule has 0 aliphatic carbocycles. The van der Waals surface area contributed by atoms with E-state index >= 15 is 0 Å². The first-order valence-corrected chi connectivity index (χ1v) is 4.62. The van der Waals surface area contributed by atoms with Crippen molar-refractivity contribution in [3.8, 4) is 11.5 Å². The Labute approximate surface area is 86.4 Å². The molecule has 0 amide bonds. The van der Waals surface area contributed by atoms with Crippen LogP contribution in [0.1, 0.15) is 11.6 Å². The van der Waals surface area contributed by atoms with E-state index in [-0.39, 0.29) is 0 Å². The minimum atomic E-state index is -1.20. The highest BCUT2D eigenvalue weighted by atomic mass is 16.6. The van der Waals surface area contributed by atoms with Crippen LogP contribution in [0.15, 0.2) is 18.2 Å². The molecule has 0 radical (unpaired) electrons. The molecule has 80 valence electrons. The summed E-state index contributed by atoms with van der Waals surface area (Å²) < 4.78 is 10.6. The average molecular weight is 209 g/mol. The van der Waals surface area contributed by atoms with E-state index in [1.807, 2.05) is 0 Å². The number of benzene rings is 1. The summed E-state index contributed by atoms with van der Waals surface area (Å²) in [5.41, 5.74) is 4.05. The summed E-state index contributed by atoms with van der Waals surface area (Å²) >= 11 is 0. The topological polar surface area (TPSA) is 86.2 Å². The van der Waals surface area contributed by atoms with Crippen molar-refractivity contribution in [2.45, 2.75) is 6.04 Å². The highest BCUT2D eigenvalue weighted by Gasteiger charge is 2.16. The average Bonchev–Trinajstić information content (AvgIpc) is 2.27. The van der Waals surface area contributed by atoms with Gasteiger partial charge in [0.25, 0.3) is 0 Å². The van der Waals surface area contributed by atoms with Gasteiger partial charge in [0.15, 0.2) is 17.5 Å². The van der Waals surface area contributed by atoms with Gasteiger partial charge in [-0.25, -0.2) is 0 Å². The van der Waals surface area contributed by atoms with Crippen molar-refractivity contribution in [1.82, 2.24) is 0 Å². The van der Waals surface area contributed by atoms with Crippen LogP contribution in [0.5, 0.6) is 11.5 Å². The Kier molecular flexibility index (Phi) is 2.47. The van der Waals surface area contributed by atoms with Crippen molar-refractivity contribution >= 4 is 5.97 Å². The van der Waals surface area contributed by atoms with Crippen LogP contribution in [-0.2, 0) is 4.79 Å². The number of ether oxygens (including phenoxy) is 2. The second-order valence-corrected chi connectivity index (χ2v) is 3.27. The predicted molar refractivity (Wildman–Crippen MR) is 48.1 cm³/mol. The fourth-order valence-corrected chi connectivity index (χ4v) is 1.41. The van der Waals surface area contributed by atoms with E-state index in [4.69, 9.17) is 9.47 Å². The van der Waals surface area contributed by atoms with Crippen LogP contribution >= 0.6 is 0 Å². The van der Waals surface area contributed by atoms with E-state index in [1.165, 1.54) is 0 Å². The Morgan fingerprint density at radius 2 is 2.00 bits per heavy atom. The van der Waals surface area contributed by atoms with E-state index in [0.29, 0.717) is 30.3 Å². The number of hydrogen-bond acceptors (Lipinski definition) is 4. The number of fused-ring (bicyclic) bond motifs is 1. The number of carboxylic acid groups (broad SMARTS) is 1. The molecule has 5 heteroatoms. The minimum absolute atomic E-state index is 0.476. The number of carboxylic acids is 1. The van der Waals surface area contributed by atoms with E-state index < -0.39 is 12.0 Å². The van der Waals surface area contributed by atoms with Crippen molar-refractivity contribution in [1.29, 1.82) is 0 Å². The first-order valence-electron chi connectivity index (χ1n) is 4.62. The van der Waals surface area contributed by atoms with Gasteiger partial charge in [0, 0.05) is 5.56 Å². The molecule has 15 heavy (non-hydrogen) atoms. The van der Waals surface area contributed by atoms with E-state index in [9.17, 15) is 9.90 Å². The molecule has 0 spiro atoms. The van der Waals surface area contributed by atoms with Gasteiger partial charge in [0.05, 0.1) is 0 Å². The third-order valence-corrected chi connectivity index (χ3v) is 2.25. The Morgan fingerprint density at radius 3 is 2.67 bits per heavy atom. The van der Waals surface area contributed by atoms with Gasteiger partial charge in [-0.15, -0.1) is 0 Å². The van der Waals surface area contributed by atoms with Crippen molar-refractivity contribution < 1.29 is 25.1 Å². The molecule has 1 aromatic carbocycles. The van der Waals surface area contributed by atoms with Crippen LogP contribution in [0.3, 0.4) is 0 Å². The van der Waals surface area contributed by atoms with Gasteiger partial charge < -0.3 is 25.1 Å². The fraction of sp³-hybridized carbons (Fsp3) is 0.300.